The molecule has 2 heterocycles. The number of methoxy groups -OCH3 is 1. The number of fused-ring (bicyclic) bond motifs is 2. The highest BCUT2D eigenvalue weighted by Gasteiger charge is 2.50. The molecule has 0 saturated carbocycles. The minimum absolute atomic E-state index is 0.00150. The molecule has 140 valence electrons. The number of carbonyl (C=O) groups excluding carboxylic acids is 2. The van der Waals surface area contributed by atoms with E-state index >= 15 is 0 Å². The zero-order valence-electron chi connectivity index (χ0n) is 14.6. The SMILES string of the molecule is COC(=O)[C@H]1[C@@H](OC(=O)Nc2ccc([N+](=O)[O-])cc2)C[C@@H]2CC[C@H]1N2C. The Morgan fingerprint density at radius 3 is 2.58 bits per heavy atom. The van der Waals surface area contributed by atoms with Crippen molar-refractivity contribution in [1.29, 1.82) is 0 Å². The topological polar surface area (TPSA) is 111 Å². The molecule has 1 amide bonds. The van der Waals surface area contributed by atoms with Crippen LogP contribution in [0.5, 0.6) is 0 Å². The number of nitrogens with zero attached hydrogens (tertiary/aromatic N) is 2. The van der Waals surface area contributed by atoms with Crippen molar-refractivity contribution in [2.24, 2.45) is 5.92 Å². The van der Waals surface area contributed by atoms with E-state index < -0.39 is 23.0 Å². The number of nitro groups is 1. The molecule has 0 radical (unpaired) electrons. The highest BCUT2D eigenvalue weighted by molar-refractivity contribution is 5.85. The largest absolute Gasteiger partial charge is 0.469 e. The van der Waals surface area contributed by atoms with Crippen molar-refractivity contribution in [3.05, 3.63) is 34.4 Å². The van der Waals surface area contributed by atoms with Crippen LogP contribution in [0.15, 0.2) is 24.3 Å². The average Bonchev–Trinajstić information content (AvgIpc) is 2.85. The van der Waals surface area contributed by atoms with Gasteiger partial charge < -0.3 is 9.47 Å². The Kier molecular flexibility index (Phi) is 5.08. The maximum Gasteiger partial charge on any atom is 0.411 e. The number of non-ortho nitro benzene ring substituents is 1. The molecule has 0 aliphatic carbocycles. The number of esters is 1. The van der Waals surface area contributed by atoms with E-state index in [-0.39, 0.29) is 23.7 Å². The van der Waals surface area contributed by atoms with Gasteiger partial charge >= 0.3 is 12.1 Å². The molecular weight excluding hydrogens is 342 g/mol. The maximum atomic E-state index is 12.2. The van der Waals surface area contributed by atoms with E-state index in [9.17, 15) is 19.7 Å². The number of hydrogen-bond donors (Lipinski definition) is 1. The minimum atomic E-state index is -0.693. The Balaban J connectivity index is 1.67. The number of hydrogen-bond acceptors (Lipinski definition) is 7. The summed E-state index contributed by atoms with van der Waals surface area (Å²) >= 11 is 0. The quantitative estimate of drug-likeness (QED) is 0.496. The predicted molar refractivity (Wildman–Crippen MR) is 91.7 cm³/mol. The van der Waals surface area contributed by atoms with Gasteiger partial charge in [-0.1, -0.05) is 0 Å². The predicted octanol–water partition coefficient (Wildman–Crippen LogP) is 2.17. The first kappa shape index (κ1) is 18.1. The number of amides is 1. The zero-order chi connectivity index (χ0) is 18.8. The van der Waals surface area contributed by atoms with E-state index in [1.54, 1.807) is 0 Å². The molecule has 26 heavy (non-hydrogen) atoms. The van der Waals surface area contributed by atoms with Crippen LogP contribution in [0.25, 0.3) is 0 Å². The van der Waals surface area contributed by atoms with Crippen molar-refractivity contribution in [2.75, 3.05) is 19.5 Å². The van der Waals surface area contributed by atoms with E-state index in [4.69, 9.17) is 9.47 Å². The molecule has 4 atom stereocenters. The molecule has 1 N–H and O–H groups in total. The van der Waals surface area contributed by atoms with Crippen molar-refractivity contribution in [3.8, 4) is 0 Å². The normalized spacial score (nSPS) is 27.6. The third-order valence-electron chi connectivity index (χ3n) is 5.27. The van der Waals surface area contributed by atoms with Crippen LogP contribution in [0, 0.1) is 16.0 Å². The van der Waals surface area contributed by atoms with E-state index in [1.807, 2.05) is 7.05 Å². The van der Waals surface area contributed by atoms with Crippen LogP contribution in [0.1, 0.15) is 19.3 Å². The van der Waals surface area contributed by atoms with Gasteiger partial charge in [0.2, 0.25) is 0 Å². The van der Waals surface area contributed by atoms with Gasteiger partial charge in [-0.25, -0.2) is 4.79 Å². The maximum absolute atomic E-state index is 12.2. The van der Waals surface area contributed by atoms with Gasteiger partial charge in [0.05, 0.1) is 12.0 Å². The van der Waals surface area contributed by atoms with E-state index in [0.29, 0.717) is 12.1 Å². The molecule has 2 aliphatic heterocycles. The van der Waals surface area contributed by atoms with Crippen molar-refractivity contribution in [1.82, 2.24) is 4.90 Å². The Hall–Kier alpha value is -2.68. The molecule has 0 aromatic heterocycles. The summed E-state index contributed by atoms with van der Waals surface area (Å²) in [4.78, 5) is 36.8. The number of benzene rings is 1. The summed E-state index contributed by atoms with van der Waals surface area (Å²) in [5.41, 5.74) is 0.313. The first-order valence-corrected chi connectivity index (χ1v) is 8.42. The second-order valence-electron chi connectivity index (χ2n) is 6.62. The molecule has 2 fully saturated rings. The molecule has 0 spiro atoms. The number of nitrogens with one attached hydrogen (secondary N) is 1. The molecule has 3 rings (SSSR count). The molecule has 1 aromatic carbocycles. The molecule has 9 nitrogen and oxygen atoms in total. The first-order chi connectivity index (χ1) is 12.4. The number of ether oxygens (including phenoxy) is 2. The minimum Gasteiger partial charge on any atom is -0.469 e. The lowest BCUT2D eigenvalue weighted by atomic mass is 9.87. The lowest BCUT2D eigenvalue weighted by Crippen LogP contribution is -2.53. The number of piperidine rings is 1. The van der Waals surface area contributed by atoms with Crippen molar-refractivity contribution in [2.45, 2.75) is 37.5 Å². The summed E-state index contributed by atoms with van der Waals surface area (Å²) in [6.45, 7) is 0. The van der Waals surface area contributed by atoms with Crippen molar-refractivity contribution < 1.29 is 24.0 Å². The van der Waals surface area contributed by atoms with Crippen molar-refractivity contribution in [3.63, 3.8) is 0 Å². The number of nitro benzene ring substituents is 1. The Morgan fingerprint density at radius 2 is 1.96 bits per heavy atom. The molecule has 2 aliphatic rings. The highest BCUT2D eigenvalue weighted by Crippen LogP contribution is 2.40. The fraction of sp³-hybridized carbons (Fsp3) is 0.529. The molecule has 2 saturated heterocycles. The van der Waals surface area contributed by atoms with Crippen LogP contribution in [0.4, 0.5) is 16.2 Å². The second-order valence-corrected chi connectivity index (χ2v) is 6.62. The fourth-order valence-corrected chi connectivity index (χ4v) is 3.94. The first-order valence-electron chi connectivity index (χ1n) is 8.42. The van der Waals surface area contributed by atoms with Gasteiger partial charge in [0.25, 0.3) is 5.69 Å². The molecule has 1 aromatic rings. The standard InChI is InChI=1S/C17H21N3O6/c1-19-12-7-8-13(19)15(16(21)25-2)14(9-12)26-17(22)18-10-3-5-11(6-4-10)20(23)24/h3-6,12-15H,7-9H2,1-2H3,(H,18,22)/t12-,13+,14-,15+/m0/s1. The van der Waals surface area contributed by atoms with Crippen LogP contribution in [0.3, 0.4) is 0 Å². The molecule has 9 heteroatoms. The molecular formula is C17H21N3O6. The van der Waals surface area contributed by atoms with Gasteiger partial charge in [0.15, 0.2) is 0 Å². The third-order valence-corrected chi connectivity index (χ3v) is 5.27. The van der Waals surface area contributed by atoms with Crippen LogP contribution in [0.2, 0.25) is 0 Å². The summed E-state index contributed by atoms with van der Waals surface area (Å²) in [6.07, 6.45) is 1.14. The number of carbonyl (C=O) groups is 2. The van der Waals surface area contributed by atoms with E-state index in [1.165, 1.54) is 31.4 Å². The summed E-state index contributed by atoms with van der Waals surface area (Å²) < 4.78 is 10.4. The Bertz CT molecular complexity index is 707. The molecule has 2 bridgehead atoms. The van der Waals surface area contributed by atoms with Gasteiger partial charge in [-0.05, 0) is 32.0 Å². The van der Waals surface area contributed by atoms with Gasteiger partial charge in [-0.3, -0.25) is 25.1 Å². The van der Waals surface area contributed by atoms with Gasteiger partial charge in [0.1, 0.15) is 12.0 Å². The van der Waals surface area contributed by atoms with Crippen LogP contribution in [-0.2, 0) is 14.3 Å². The summed E-state index contributed by atoms with van der Waals surface area (Å²) in [6, 6.07) is 5.72. The monoisotopic (exact) mass is 363 g/mol. The molecule has 0 unspecified atom stereocenters. The second kappa shape index (κ2) is 7.28. The van der Waals surface area contributed by atoms with Crippen LogP contribution in [-0.4, -0.2) is 54.2 Å². The van der Waals surface area contributed by atoms with Gasteiger partial charge in [-0.2, -0.15) is 0 Å². The highest BCUT2D eigenvalue weighted by atomic mass is 16.6. The lowest BCUT2D eigenvalue weighted by Gasteiger charge is -2.40. The average molecular weight is 363 g/mol. The van der Waals surface area contributed by atoms with E-state index in [2.05, 4.69) is 10.2 Å². The fourth-order valence-electron chi connectivity index (χ4n) is 3.94. The van der Waals surface area contributed by atoms with E-state index in [0.717, 1.165) is 12.8 Å². The Labute approximate surface area is 150 Å². The van der Waals surface area contributed by atoms with Gasteiger partial charge in [0, 0.05) is 36.3 Å². The lowest BCUT2D eigenvalue weighted by molar-refractivity contribution is -0.384. The zero-order valence-corrected chi connectivity index (χ0v) is 14.6. The summed E-state index contributed by atoms with van der Waals surface area (Å²) in [5, 5.41) is 13.2. The Morgan fingerprint density at radius 1 is 1.27 bits per heavy atom. The number of anilines is 1. The van der Waals surface area contributed by atoms with Crippen LogP contribution < -0.4 is 5.32 Å². The number of rotatable bonds is 4. The van der Waals surface area contributed by atoms with Gasteiger partial charge in [-0.15, -0.1) is 0 Å². The van der Waals surface area contributed by atoms with Crippen LogP contribution >= 0.6 is 0 Å². The summed E-state index contributed by atoms with van der Waals surface area (Å²) in [5.74, 6) is -0.901. The summed E-state index contributed by atoms with van der Waals surface area (Å²) in [7, 11) is 3.31. The van der Waals surface area contributed by atoms with Crippen molar-refractivity contribution >= 4 is 23.4 Å². The third kappa shape index (κ3) is 3.48. The smallest absolute Gasteiger partial charge is 0.411 e.